The largest absolute Gasteiger partial charge is 0.372 e. The molecule has 1 saturated heterocycles. The Balaban J connectivity index is 1.59. The zero-order chi connectivity index (χ0) is 21.9. The number of carbonyl (C=O) groups is 1. The van der Waals surface area contributed by atoms with Crippen molar-refractivity contribution in [2.24, 2.45) is 7.05 Å². The van der Waals surface area contributed by atoms with Crippen molar-refractivity contribution in [2.75, 3.05) is 13.1 Å². The first-order valence-electron chi connectivity index (χ1n) is 10.7. The SMILES string of the molecule is Cc1noc(C)c1-c1ccc2c3cc(C(=O)N4C[C@@H](C)O[C@@H](C)C4)ccc3n(C)c2c1. The first kappa shape index (κ1) is 19.8. The van der Waals surface area contributed by atoms with E-state index in [1.807, 2.05) is 50.8 Å². The molecule has 0 aliphatic carbocycles. The number of aromatic nitrogens is 2. The van der Waals surface area contributed by atoms with Gasteiger partial charge in [0.05, 0.1) is 17.9 Å². The lowest BCUT2D eigenvalue weighted by atomic mass is 10.0. The lowest BCUT2D eigenvalue weighted by Gasteiger charge is -2.35. The normalized spacial score (nSPS) is 19.5. The van der Waals surface area contributed by atoms with Gasteiger partial charge >= 0.3 is 0 Å². The second-order valence-corrected chi connectivity index (χ2v) is 8.69. The third-order valence-corrected chi connectivity index (χ3v) is 6.28. The van der Waals surface area contributed by atoms with E-state index in [-0.39, 0.29) is 18.1 Å². The smallest absolute Gasteiger partial charge is 0.254 e. The van der Waals surface area contributed by atoms with E-state index in [9.17, 15) is 4.79 Å². The summed E-state index contributed by atoms with van der Waals surface area (Å²) in [7, 11) is 2.06. The molecule has 1 fully saturated rings. The second-order valence-electron chi connectivity index (χ2n) is 8.69. The number of hydrogen-bond acceptors (Lipinski definition) is 4. The number of amides is 1. The third-order valence-electron chi connectivity index (χ3n) is 6.28. The molecule has 4 aromatic rings. The highest BCUT2D eigenvalue weighted by Gasteiger charge is 2.27. The van der Waals surface area contributed by atoms with Crippen molar-refractivity contribution >= 4 is 27.7 Å². The van der Waals surface area contributed by atoms with Gasteiger partial charge in [0, 0.05) is 53.1 Å². The van der Waals surface area contributed by atoms with Gasteiger partial charge in [-0.05, 0) is 57.5 Å². The van der Waals surface area contributed by atoms with Crippen LogP contribution >= 0.6 is 0 Å². The molecule has 0 saturated carbocycles. The second kappa shape index (κ2) is 7.24. The summed E-state index contributed by atoms with van der Waals surface area (Å²) in [6.45, 7) is 9.17. The number of ether oxygens (including phenoxy) is 1. The van der Waals surface area contributed by atoms with Gasteiger partial charge in [-0.15, -0.1) is 0 Å². The molecule has 0 bridgehead atoms. The van der Waals surface area contributed by atoms with E-state index in [0.29, 0.717) is 13.1 Å². The number of benzene rings is 2. The Morgan fingerprint density at radius 3 is 2.42 bits per heavy atom. The number of nitrogens with zero attached hydrogens (tertiary/aromatic N) is 3. The lowest BCUT2D eigenvalue weighted by molar-refractivity contribution is -0.0586. The van der Waals surface area contributed by atoms with Crippen LogP contribution in [0.3, 0.4) is 0 Å². The summed E-state index contributed by atoms with van der Waals surface area (Å²) < 4.78 is 13.3. The van der Waals surface area contributed by atoms with E-state index < -0.39 is 0 Å². The van der Waals surface area contributed by atoms with Gasteiger partial charge in [-0.25, -0.2) is 0 Å². The minimum atomic E-state index is 0.0525. The quantitative estimate of drug-likeness (QED) is 0.468. The minimum Gasteiger partial charge on any atom is -0.372 e. The molecule has 1 aliphatic rings. The monoisotopic (exact) mass is 417 g/mol. The predicted octanol–water partition coefficient (Wildman–Crippen LogP) is 4.85. The van der Waals surface area contributed by atoms with E-state index in [0.717, 1.165) is 50.0 Å². The molecule has 6 heteroatoms. The van der Waals surface area contributed by atoms with E-state index in [2.05, 4.69) is 35.0 Å². The standard InChI is InChI=1S/C25H27N3O3/c1-14-12-28(13-15(2)30-14)25(29)19-7-9-22-21(10-19)20-8-6-18(11-23(20)27(22)5)24-16(3)26-31-17(24)4/h6-11,14-15H,12-13H2,1-5H3/t14-,15+. The summed E-state index contributed by atoms with van der Waals surface area (Å²) in [5.41, 5.74) is 5.95. The number of aryl methyl sites for hydroxylation is 3. The molecular weight excluding hydrogens is 390 g/mol. The van der Waals surface area contributed by atoms with Crippen molar-refractivity contribution in [1.29, 1.82) is 0 Å². The fourth-order valence-electron chi connectivity index (χ4n) is 4.92. The molecule has 6 nitrogen and oxygen atoms in total. The van der Waals surface area contributed by atoms with Crippen LogP contribution in [0.25, 0.3) is 32.9 Å². The zero-order valence-corrected chi connectivity index (χ0v) is 18.6. The molecule has 0 radical (unpaired) electrons. The molecule has 2 aromatic heterocycles. The third kappa shape index (κ3) is 3.22. The molecule has 31 heavy (non-hydrogen) atoms. The fraction of sp³-hybridized carbons (Fsp3) is 0.360. The van der Waals surface area contributed by atoms with Gasteiger partial charge in [0.15, 0.2) is 0 Å². The van der Waals surface area contributed by atoms with Crippen molar-refractivity contribution in [3.05, 3.63) is 53.4 Å². The maximum Gasteiger partial charge on any atom is 0.254 e. The minimum absolute atomic E-state index is 0.0525. The fourth-order valence-corrected chi connectivity index (χ4v) is 4.92. The zero-order valence-electron chi connectivity index (χ0n) is 18.6. The molecule has 0 N–H and O–H groups in total. The summed E-state index contributed by atoms with van der Waals surface area (Å²) in [6, 6.07) is 12.4. The summed E-state index contributed by atoms with van der Waals surface area (Å²) in [4.78, 5) is 15.1. The molecular formula is C25H27N3O3. The summed E-state index contributed by atoms with van der Waals surface area (Å²) in [5.74, 6) is 0.880. The van der Waals surface area contributed by atoms with Crippen LogP contribution in [0.15, 0.2) is 40.9 Å². The Bertz CT molecular complexity index is 1290. The van der Waals surface area contributed by atoms with Crippen LogP contribution < -0.4 is 0 Å². The molecule has 0 unspecified atom stereocenters. The maximum atomic E-state index is 13.2. The molecule has 160 valence electrons. The van der Waals surface area contributed by atoms with Crippen LogP contribution in [-0.4, -0.2) is 45.8 Å². The Morgan fingerprint density at radius 1 is 1.00 bits per heavy atom. The average molecular weight is 418 g/mol. The van der Waals surface area contributed by atoms with E-state index in [4.69, 9.17) is 9.26 Å². The Kier molecular flexibility index (Phi) is 4.63. The number of hydrogen-bond donors (Lipinski definition) is 0. The molecule has 1 aliphatic heterocycles. The van der Waals surface area contributed by atoms with Gasteiger partial charge in [-0.1, -0.05) is 17.3 Å². The summed E-state index contributed by atoms with van der Waals surface area (Å²) in [6.07, 6.45) is 0.105. The topological polar surface area (TPSA) is 60.5 Å². The van der Waals surface area contributed by atoms with Crippen molar-refractivity contribution in [1.82, 2.24) is 14.6 Å². The number of fused-ring (bicyclic) bond motifs is 3. The first-order valence-corrected chi connectivity index (χ1v) is 10.7. The van der Waals surface area contributed by atoms with Crippen molar-refractivity contribution in [3.8, 4) is 11.1 Å². The lowest BCUT2D eigenvalue weighted by Crippen LogP contribution is -2.48. The Labute approximate surface area is 181 Å². The van der Waals surface area contributed by atoms with Crippen LogP contribution in [0.4, 0.5) is 0 Å². The van der Waals surface area contributed by atoms with Crippen LogP contribution in [-0.2, 0) is 11.8 Å². The van der Waals surface area contributed by atoms with Gasteiger partial charge in [-0.3, -0.25) is 4.79 Å². The van der Waals surface area contributed by atoms with E-state index >= 15 is 0 Å². The Morgan fingerprint density at radius 2 is 1.74 bits per heavy atom. The molecule has 0 spiro atoms. The van der Waals surface area contributed by atoms with Crippen LogP contribution in [0.5, 0.6) is 0 Å². The average Bonchev–Trinajstić information content (AvgIpc) is 3.22. The predicted molar refractivity (Wildman–Crippen MR) is 121 cm³/mol. The van der Waals surface area contributed by atoms with Crippen LogP contribution in [0, 0.1) is 13.8 Å². The highest BCUT2D eigenvalue weighted by molar-refractivity contribution is 6.11. The van der Waals surface area contributed by atoms with Crippen molar-refractivity contribution < 1.29 is 14.1 Å². The van der Waals surface area contributed by atoms with Gasteiger partial charge in [0.25, 0.3) is 5.91 Å². The van der Waals surface area contributed by atoms with Gasteiger partial charge < -0.3 is 18.7 Å². The number of carbonyl (C=O) groups excluding carboxylic acids is 1. The van der Waals surface area contributed by atoms with E-state index in [1.54, 1.807) is 0 Å². The molecule has 1 amide bonds. The van der Waals surface area contributed by atoms with Gasteiger partial charge in [-0.2, -0.15) is 0 Å². The summed E-state index contributed by atoms with van der Waals surface area (Å²) in [5, 5.41) is 6.31. The molecule has 2 aromatic carbocycles. The van der Waals surface area contributed by atoms with Crippen molar-refractivity contribution in [2.45, 2.75) is 39.9 Å². The van der Waals surface area contributed by atoms with Gasteiger partial charge in [0.1, 0.15) is 5.76 Å². The maximum absolute atomic E-state index is 13.2. The van der Waals surface area contributed by atoms with Crippen LogP contribution in [0.2, 0.25) is 0 Å². The van der Waals surface area contributed by atoms with Gasteiger partial charge in [0.2, 0.25) is 0 Å². The Hall–Kier alpha value is -3.12. The molecule has 3 heterocycles. The highest BCUT2D eigenvalue weighted by atomic mass is 16.5. The summed E-state index contributed by atoms with van der Waals surface area (Å²) >= 11 is 0. The number of morpholine rings is 1. The van der Waals surface area contributed by atoms with Crippen molar-refractivity contribution in [3.63, 3.8) is 0 Å². The van der Waals surface area contributed by atoms with Crippen LogP contribution in [0.1, 0.15) is 35.7 Å². The number of rotatable bonds is 2. The highest BCUT2D eigenvalue weighted by Crippen LogP contribution is 2.34. The first-order chi connectivity index (χ1) is 14.8. The molecule has 2 atom stereocenters. The van der Waals surface area contributed by atoms with E-state index in [1.165, 1.54) is 0 Å². The molecule has 5 rings (SSSR count).